The van der Waals surface area contributed by atoms with Gasteiger partial charge in [-0.05, 0) is 0 Å². The summed E-state index contributed by atoms with van der Waals surface area (Å²) in [5.74, 6) is 5.44. The highest BCUT2D eigenvalue weighted by atomic mass is 32.1. The highest BCUT2D eigenvalue weighted by Crippen LogP contribution is 2.06. The van der Waals surface area contributed by atoms with Gasteiger partial charge in [-0.3, -0.25) is 5.10 Å². The van der Waals surface area contributed by atoms with Crippen molar-refractivity contribution in [3.05, 3.63) is 17.2 Å². The summed E-state index contributed by atoms with van der Waals surface area (Å²) in [6.07, 6.45) is 3.07. The van der Waals surface area contributed by atoms with Crippen LogP contribution < -0.4 is 5.84 Å². The molecule has 0 aliphatic carbocycles. The molecule has 0 fully saturated rings. The zero-order chi connectivity index (χ0) is 7.84. The standard InChI is InChI=1S/C5H5N5S/c6-10-5(11)3-1-7-2-8-4(3)9-10/h1-2H,6H2,(H,7,8,9). The van der Waals surface area contributed by atoms with E-state index in [1.165, 1.54) is 11.1 Å². The Kier molecular flexibility index (Phi) is 1.16. The minimum absolute atomic E-state index is 0.514. The molecule has 2 aromatic heterocycles. The van der Waals surface area contributed by atoms with E-state index in [1.807, 2.05) is 0 Å². The lowest BCUT2D eigenvalue weighted by Gasteiger charge is -1.84. The average molecular weight is 167 g/mol. The zero-order valence-electron chi connectivity index (χ0n) is 5.48. The molecule has 0 saturated carbocycles. The minimum atomic E-state index is 0.514. The van der Waals surface area contributed by atoms with Crippen LogP contribution in [0, 0.1) is 4.64 Å². The van der Waals surface area contributed by atoms with Crippen LogP contribution in [0.3, 0.4) is 0 Å². The van der Waals surface area contributed by atoms with Gasteiger partial charge in [-0.1, -0.05) is 12.2 Å². The largest absolute Gasteiger partial charge is 0.324 e. The highest BCUT2D eigenvalue weighted by Gasteiger charge is 1.99. The molecule has 0 amide bonds. The molecular weight excluding hydrogens is 162 g/mol. The van der Waals surface area contributed by atoms with Crippen molar-refractivity contribution < 1.29 is 0 Å². The lowest BCUT2D eigenvalue weighted by molar-refractivity contribution is 0.829. The predicted octanol–water partition coefficient (Wildman–Crippen LogP) is 0.203. The summed E-state index contributed by atoms with van der Waals surface area (Å²) in [6.45, 7) is 0. The Labute approximate surface area is 66.8 Å². The Hall–Kier alpha value is -1.43. The van der Waals surface area contributed by atoms with E-state index in [0.717, 1.165) is 5.39 Å². The van der Waals surface area contributed by atoms with E-state index >= 15 is 0 Å². The third kappa shape index (κ3) is 0.795. The summed E-state index contributed by atoms with van der Waals surface area (Å²) in [4.78, 5) is 8.99. The number of aromatic nitrogens is 4. The van der Waals surface area contributed by atoms with E-state index in [9.17, 15) is 0 Å². The first-order chi connectivity index (χ1) is 5.29. The summed E-state index contributed by atoms with van der Waals surface area (Å²) in [6, 6.07) is 0. The molecule has 56 valence electrons. The maximum Gasteiger partial charge on any atom is 0.159 e. The van der Waals surface area contributed by atoms with Gasteiger partial charge in [0.05, 0.1) is 5.39 Å². The number of nitrogens with zero attached hydrogens (tertiary/aromatic N) is 3. The van der Waals surface area contributed by atoms with Gasteiger partial charge in [0, 0.05) is 6.20 Å². The van der Waals surface area contributed by atoms with Gasteiger partial charge < -0.3 is 5.84 Å². The maximum atomic E-state index is 5.44. The van der Waals surface area contributed by atoms with Crippen molar-refractivity contribution in [1.29, 1.82) is 0 Å². The van der Waals surface area contributed by atoms with Crippen molar-refractivity contribution in [2.75, 3.05) is 5.84 Å². The second-order valence-electron chi connectivity index (χ2n) is 2.07. The SMILES string of the molecule is Nn1[nH]c2ncncc2c1=S. The molecule has 2 heterocycles. The molecule has 0 bridgehead atoms. The summed E-state index contributed by atoms with van der Waals surface area (Å²) in [5, 5.41) is 3.53. The smallest absolute Gasteiger partial charge is 0.159 e. The number of nitrogens with two attached hydrogens (primary N) is 1. The quantitative estimate of drug-likeness (QED) is 0.434. The van der Waals surface area contributed by atoms with Crippen molar-refractivity contribution in [3.63, 3.8) is 0 Å². The van der Waals surface area contributed by atoms with Crippen molar-refractivity contribution in [3.8, 4) is 0 Å². The van der Waals surface area contributed by atoms with Crippen molar-refractivity contribution in [1.82, 2.24) is 19.9 Å². The Balaban J connectivity index is 3.04. The molecule has 0 unspecified atom stereocenters. The number of hydrogen-bond acceptors (Lipinski definition) is 4. The van der Waals surface area contributed by atoms with Gasteiger partial charge in [0.25, 0.3) is 0 Å². The molecule has 0 aliphatic rings. The molecule has 3 N–H and O–H groups in total. The number of fused-ring (bicyclic) bond motifs is 1. The molecule has 2 aromatic rings. The molecular formula is C5H5N5S. The molecule has 6 heteroatoms. The number of hydrogen-bond donors (Lipinski definition) is 2. The van der Waals surface area contributed by atoms with Crippen LogP contribution in [0.4, 0.5) is 0 Å². The van der Waals surface area contributed by atoms with E-state index in [2.05, 4.69) is 15.1 Å². The summed E-state index contributed by atoms with van der Waals surface area (Å²) in [5.41, 5.74) is 0.660. The van der Waals surface area contributed by atoms with Gasteiger partial charge in [-0.2, -0.15) is 4.79 Å². The van der Waals surface area contributed by atoms with Crippen LogP contribution in [-0.4, -0.2) is 19.9 Å². The Morgan fingerprint density at radius 3 is 3.18 bits per heavy atom. The minimum Gasteiger partial charge on any atom is -0.324 e. The van der Waals surface area contributed by atoms with E-state index in [4.69, 9.17) is 18.1 Å². The van der Waals surface area contributed by atoms with Gasteiger partial charge in [0.2, 0.25) is 0 Å². The second-order valence-corrected chi connectivity index (χ2v) is 2.46. The third-order valence-electron chi connectivity index (χ3n) is 1.39. The van der Waals surface area contributed by atoms with Gasteiger partial charge in [0.15, 0.2) is 10.3 Å². The lowest BCUT2D eigenvalue weighted by Crippen LogP contribution is -2.09. The number of aromatic amines is 1. The van der Waals surface area contributed by atoms with Crippen LogP contribution in [0.1, 0.15) is 0 Å². The van der Waals surface area contributed by atoms with Gasteiger partial charge in [0.1, 0.15) is 6.33 Å². The van der Waals surface area contributed by atoms with E-state index < -0.39 is 0 Å². The van der Waals surface area contributed by atoms with Gasteiger partial charge in [-0.25, -0.2) is 9.97 Å². The molecule has 0 spiro atoms. The topological polar surface area (TPSA) is 72.5 Å². The fourth-order valence-corrected chi connectivity index (χ4v) is 1.06. The number of nitrogen functional groups attached to an aromatic ring is 1. The van der Waals surface area contributed by atoms with Crippen LogP contribution in [0.25, 0.3) is 11.0 Å². The third-order valence-corrected chi connectivity index (χ3v) is 1.80. The Bertz CT molecular complexity index is 441. The van der Waals surface area contributed by atoms with Crippen LogP contribution in [0.2, 0.25) is 0 Å². The summed E-state index contributed by atoms with van der Waals surface area (Å²) >= 11 is 4.95. The van der Waals surface area contributed by atoms with Gasteiger partial charge >= 0.3 is 0 Å². The van der Waals surface area contributed by atoms with Crippen molar-refractivity contribution >= 4 is 23.3 Å². The maximum absolute atomic E-state index is 5.44. The number of nitrogens with one attached hydrogen (secondary N) is 1. The van der Waals surface area contributed by atoms with Crippen molar-refractivity contribution in [2.45, 2.75) is 0 Å². The van der Waals surface area contributed by atoms with Crippen LogP contribution in [0.15, 0.2) is 12.5 Å². The zero-order valence-corrected chi connectivity index (χ0v) is 6.30. The molecule has 0 aromatic carbocycles. The highest BCUT2D eigenvalue weighted by molar-refractivity contribution is 7.71. The van der Waals surface area contributed by atoms with Crippen LogP contribution in [0.5, 0.6) is 0 Å². The van der Waals surface area contributed by atoms with Gasteiger partial charge in [-0.15, -0.1) is 0 Å². The molecule has 0 saturated heterocycles. The van der Waals surface area contributed by atoms with E-state index in [0.29, 0.717) is 10.3 Å². The Morgan fingerprint density at radius 1 is 1.64 bits per heavy atom. The lowest BCUT2D eigenvalue weighted by atomic mass is 10.4. The molecule has 2 rings (SSSR count). The molecule has 0 aliphatic heterocycles. The monoisotopic (exact) mass is 167 g/mol. The number of rotatable bonds is 0. The van der Waals surface area contributed by atoms with E-state index in [1.54, 1.807) is 6.20 Å². The normalized spacial score (nSPS) is 10.5. The van der Waals surface area contributed by atoms with Crippen LogP contribution >= 0.6 is 12.2 Å². The Morgan fingerprint density at radius 2 is 2.45 bits per heavy atom. The van der Waals surface area contributed by atoms with Crippen molar-refractivity contribution in [2.24, 2.45) is 0 Å². The average Bonchev–Trinajstić information content (AvgIpc) is 2.30. The summed E-state index contributed by atoms with van der Waals surface area (Å²) < 4.78 is 0.514. The fraction of sp³-hybridized carbons (Fsp3) is 0. The first-order valence-electron chi connectivity index (χ1n) is 2.95. The van der Waals surface area contributed by atoms with E-state index in [-0.39, 0.29) is 0 Å². The van der Waals surface area contributed by atoms with Crippen LogP contribution in [-0.2, 0) is 0 Å². The molecule has 11 heavy (non-hydrogen) atoms. The fourth-order valence-electron chi connectivity index (χ4n) is 0.870. The number of H-pyrrole nitrogens is 1. The molecule has 5 nitrogen and oxygen atoms in total. The molecule has 0 radical (unpaired) electrons. The summed E-state index contributed by atoms with van der Waals surface area (Å²) in [7, 11) is 0. The first-order valence-corrected chi connectivity index (χ1v) is 3.35. The first kappa shape index (κ1) is 6.29. The second kappa shape index (κ2) is 2.03. The predicted molar refractivity (Wildman–Crippen MR) is 42.9 cm³/mol. The molecule has 0 atom stereocenters.